The number of anilines is 4. The van der Waals surface area contributed by atoms with Gasteiger partial charge in [-0.25, -0.2) is 4.98 Å². The number of halogens is 3. The van der Waals surface area contributed by atoms with E-state index in [1.54, 1.807) is 24.3 Å². The standard InChI is InChI=1S/C23H23F3N4O/c1-31-19-12-10-17(11-13-19)28-21-20(23(24,25)26)14-27-22(30-21)29-18-8-6-16(7-9-18)15-4-2-3-5-15/h6-15H,2-5H2,1H3,(H2,27,28,29,30). The van der Waals surface area contributed by atoms with E-state index in [1.807, 2.05) is 12.1 Å². The maximum absolute atomic E-state index is 13.5. The Balaban J connectivity index is 1.55. The lowest BCUT2D eigenvalue weighted by atomic mass is 9.98. The molecule has 1 heterocycles. The Morgan fingerprint density at radius 1 is 0.903 bits per heavy atom. The summed E-state index contributed by atoms with van der Waals surface area (Å²) in [5.74, 6) is 0.958. The molecule has 0 amide bonds. The first kappa shape index (κ1) is 21.0. The van der Waals surface area contributed by atoms with E-state index in [-0.39, 0.29) is 11.8 Å². The zero-order valence-electron chi connectivity index (χ0n) is 17.0. The van der Waals surface area contributed by atoms with E-state index in [1.165, 1.54) is 38.4 Å². The van der Waals surface area contributed by atoms with E-state index >= 15 is 0 Å². The second-order valence-corrected chi connectivity index (χ2v) is 7.54. The molecule has 162 valence electrons. The van der Waals surface area contributed by atoms with Crippen molar-refractivity contribution in [2.75, 3.05) is 17.7 Å². The van der Waals surface area contributed by atoms with Crippen molar-refractivity contribution in [2.45, 2.75) is 37.8 Å². The van der Waals surface area contributed by atoms with Gasteiger partial charge in [0.05, 0.1) is 7.11 Å². The largest absolute Gasteiger partial charge is 0.497 e. The van der Waals surface area contributed by atoms with Gasteiger partial charge in [-0.1, -0.05) is 25.0 Å². The normalized spacial score (nSPS) is 14.5. The van der Waals surface area contributed by atoms with Crippen molar-refractivity contribution < 1.29 is 17.9 Å². The quantitative estimate of drug-likeness (QED) is 0.460. The summed E-state index contributed by atoms with van der Waals surface area (Å²) in [4.78, 5) is 7.96. The van der Waals surface area contributed by atoms with Crippen molar-refractivity contribution in [3.05, 3.63) is 65.9 Å². The predicted octanol–water partition coefficient (Wildman–Crippen LogP) is 6.65. The summed E-state index contributed by atoms with van der Waals surface area (Å²) >= 11 is 0. The van der Waals surface area contributed by atoms with Crippen LogP contribution in [0.3, 0.4) is 0 Å². The highest BCUT2D eigenvalue weighted by Crippen LogP contribution is 2.36. The van der Waals surface area contributed by atoms with Crippen LogP contribution in [0.1, 0.15) is 42.7 Å². The minimum absolute atomic E-state index is 0.0811. The molecule has 0 aliphatic heterocycles. The number of rotatable bonds is 6. The SMILES string of the molecule is COc1ccc(Nc2nc(Nc3ccc(C4CCCC4)cc3)ncc2C(F)(F)F)cc1. The molecule has 1 aromatic heterocycles. The van der Waals surface area contributed by atoms with Gasteiger partial charge < -0.3 is 15.4 Å². The average Bonchev–Trinajstić information content (AvgIpc) is 3.29. The molecule has 0 radical (unpaired) electrons. The Morgan fingerprint density at radius 2 is 1.52 bits per heavy atom. The molecule has 2 aromatic carbocycles. The van der Waals surface area contributed by atoms with Crippen molar-refractivity contribution in [2.24, 2.45) is 0 Å². The van der Waals surface area contributed by atoms with Gasteiger partial charge in [0.25, 0.3) is 0 Å². The third kappa shape index (κ3) is 5.07. The highest BCUT2D eigenvalue weighted by Gasteiger charge is 2.35. The Hall–Kier alpha value is -3.29. The molecule has 5 nitrogen and oxygen atoms in total. The lowest BCUT2D eigenvalue weighted by molar-refractivity contribution is -0.137. The van der Waals surface area contributed by atoms with Crippen molar-refractivity contribution in [1.29, 1.82) is 0 Å². The number of nitrogens with zero attached hydrogens (tertiary/aromatic N) is 2. The van der Waals surface area contributed by atoms with Gasteiger partial charge in [-0.15, -0.1) is 0 Å². The summed E-state index contributed by atoms with van der Waals surface area (Å²) < 4.78 is 45.5. The fourth-order valence-corrected chi connectivity index (χ4v) is 3.78. The third-order valence-corrected chi connectivity index (χ3v) is 5.44. The molecular formula is C23H23F3N4O. The van der Waals surface area contributed by atoms with Crippen LogP contribution in [0.15, 0.2) is 54.7 Å². The molecule has 4 rings (SSSR count). The Bertz CT molecular complexity index is 1010. The van der Waals surface area contributed by atoms with Crippen LogP contribution < -0.4 is 15.4 Å². The van der Waals surface area contributed by atoms with Crippen LogP contribution in [0.5, 0.6) is 5.75 Å². The molecular weight excluding hydrogens is 405 g/mol. The molecule has 31 heavy (non-hydrogen) atoms. The Kier molecular flexibility index (Phi) is 5.97. The maximum atomic E-state index is 13.5. The Labute approximate surface area is 178 Å². The van der Waals surface area contributed by atoms with Crippen LogP contribution in [0, 0.1) is 0 Å². The van der Waals surface area contributed by atoms with E-state index in [2.05, 4.69) is 32.7 Å². The first-order valence-electron chi connectivity index (χ1n) is 10.1. The van der Waals surface area contributed by atoms with E-state index in [9.17, 15) is 13.2 Å². The maximum Gasteiger partial charge on any atom is 0.421 e. The monoisotopic (exact) mass is 428 g/mol. The van der Waals surface area contributed by atoms with Crippen molar-refractivity contribution in [3.63, 3.8) is 0 Å². The molecule has 1 aliphatic rings. The van der Waals surface area contributed by atoms with E-state index in [4.69, 9.17) is 4.74 Å². The zero-order valence-corrected chi connectivity index (χ0v) is 17.0. The van der Waals surface area contributed by atoms with Gasteiger partial charge in [-0.3, -0.25) is 0 Å². The fourth-order valence-electron chi connectivity index (χ4n) is 3.78. The van der Waals surface area contributed by atoms with Gasteiger partial charge in [0.15, 0.2) is 0 Å². The fraction of sp³-hybridized carbons (Fsp3) is 0.304. The molecule has 1 aliphatic carbocycles. The number of hydrogen-bond donors (Lipinski definition) is 2. The summed E-state index contributed by atoms with van der Waals surface area (Å²) in [5, 5.41) is 5.73. The van der Waals surface area contributed by atoms with E-state index in [0.29, 0.717) is 17.4 Å². The highest BCUT2D eigenvalue weighted by atomic mass is 19.4. The van der Waals surface area contributed by atoms with Gasteiger partial charge in [-0.05, 0) is 60.7 Å². The second-order valence-electron chi connectivity index (χ2n) is 7.54. The second kappa shape index (κ2) is 8.83. The minimum Gasteiger partial charge on any atom is -0.497 e. The molecule has 0 spiro atoms. The third-order valence-electron chi connectivity index (χ3n) is 5.44. The van der Waals surface area contributed by atoms with Crippen molar-refractivity contribution >= 4 is 23.1 Å². The number of methoxy groups -OCH3 is 1. The molecule has 0 unspecified atom stereocenters. The van der Waals surface area contributed by atoms with Crippen LogP contribution in [0.25, 0.3) is 0 Å². The average molecular weight is 428 g/mol. The van der Waals surface area contributed by atoms with Crippen molar-refractivity contribution in [1.82, 2.24) is 9.97 Å². The minimum atomic E-state index is -4.59. The summed E-state index contributed by atoms with van der Waals surface area (Å²) in [6, 6.07) is 14.5. The molecule has 2 N–H and O–H groups in total. The van der Waals surface area contributed by atoms with Gasteiger partial charge >= 0.3 is 6.18 Å². The van der Waals surface area contributed by atoms with Gasteiger partial charge in [0, 0.05) is 17.6 Å². The Morgan fingerprint density at radius 3 is 2.13 bits per heavy atom. The summed E-state index contributed by atoms with van der Waals surface area (Å²) in [5.41, 5.74) is 1.53. The van der Waals surface area contributed by atoms with Crippen LogP contribution in [-0.2, 0) is 6.18 Å². The number of aromatic nitrogens is 2. The molecule has 0 saturated heterocycles. The van der Waals surface area contributed by atoms with Crippen LogP contribution in [-0.4, -0.2) is 17.1 Å². The van der Waals surface area contributed by atoms with Gasteiger partial charge in [0.1, 0.15) is 17.1 Å². The number of hydrogen-bond acceptors (Lipinski definition) is 5. The number of alkyl halides is 3. The molecule has 3 aromatic rings. The van der Waals surface area contributed by atoms with E-state index < -0.39 is 11.7 Å². The number of benzene rings is 2. The lowest BCUT2D eigenvalue weighted by Crippen LogP contribution is -2.12. The van der Waals surface area contributed by atoms with Crippen LogP contribution in [0.4, 0.5) is 36.3 Å². The molecule has 1 fully saturated rings. The molecule has 8 heteroatoms. The molecule has 1 saturated carbocycles. The van der Waals surface area contributed by atoms with Crippen LogP contribution >= 0.6 is 0 Å². The molecule has 0 atom stereocenters. The van der Waals surface area contributed by atoms with E-state index in [0.717, 1.165) is 11.9 Å². The summed E-state index contributed by atoms with van der Waals surface area (Å²) in [7, 11) is 1.52. The van der Waals surface area contributed by atoms with Gasteiger partial charge in [-0.2, -0.15) is 18.2 Å². The predicted molar refractivity (Wildman–Crippen MR) is 114 cm³/mol. The number of nitrogens with one attached hydrogen (secondary N) is 2. The smallest absolute Gasteiger partial charge is 0.421 e. The summed E-state index contributed by atoms with van der Waals surface area (Å²) in [6.07, 6.45) is 1.12. The highest BCUT2D eigenvalue weighted by molar-refractivity contribution is 5.63. The topological polar surface area (TPSA) is 59.1 Å². The molecule has 0 bridgehead atoms. The summed E-state index contributed by atoms with van der Waals surface area (Å²) in [6.45, 7) is 0. The number of ether oxygens (including phenoxy) is 1. The van der Waals surface area contributed by atoms with Gasteiger partial charge in [0.2, 0.25) is 5.95 Å². The first-order chi connectivity index (χ1) is 14.9. The zero-order chi connectivity index (χ0) is 21.8. The first-order valence-corrected chi connectivity index (χ1v) is 10.1. The van der Waals surface area contributed by atoms with Crippen LogP contribution in [0.2, 0.25) is 0 Å². The van der Waals surface area contributed by atoms with Crippen molar-refractivity contribution in [3.8, 4) is 5.75 Å². The lowest BCUT2D eigenvalue weighted by Gasteiger charge is -2.15.